The summed E-state index contributed by atoms with van der Waals surface area (Å²) >= 11 is 0. The molecule has 0 aliphatic heterocycles. The van der Waals surface area contributed by atoms with Crippen LogP contribution in [0.4, 0.5) is 0 Å². The lowest BCUT2D eigenvalue weighted by molar-refractivity contribution is -0.123. The van der Waals surface area contributed by atoms with Crippen LogP contribution in [0.2, 0.25) is 0 Å². The summed E-state index contributed by atoms with van der Waals surface area (Å²) in [6.07, 6.45) is 7.41. The maximum absolute atomic E-state index is 11.6. The van der Waals surface area contributed by atoms with Crippen LogP contribution in [0.1, 0.15) is 45.4 Å². The number of hydrogen-bond donors (Lipinski definition) is 0. The van der Waals surface area contributed by atoms with E-state index >= 15 is 0 Å². The number of rotatable bonds is 0. The molecule has 0 unspecified atom stereocenters. The number of carbonyl (C=O) groups is 1. The molecular weight excluding hydrogens is 148 g/mol. The lowest BCUT2D eigenvalue weighted by atomic mass is 9.84. The van der Waals surface area contributed by atoms with Gasteiger partial charge in [0, 0.05) is 12.3 Å². The highest BCUT2D eigenvalue weighted by Crippen LogP contribution is 2.42. The van der Waals surface area contributed by atoms with E-state index in [0.29, 0.717) is 11.7 Å². The molecule has 68 valence electrons. The molecule has 0 heterocycles. The Morgan fingerprint density at radius 3 is 2.75 bits per heavy atom. The predicted molar refractivity (Wildman–Crippen MR) is 48.9 cm³/mol. The molecule has 1 heteroatoms. The van der Waals surface area contributed by atoms with Crippen molar-refractivity contribution >= 4 is 5.78 Å². The van der Waals surface area contributed by atoms with Gasteiger partial charge in [0.05, 0.1) is 0 Å². The van der Waals surface area contributed by atoms with Crippen molar-refractivity contribution in [2.24, 2.45) is 17.8 Å². The third-order valence-electron chi connectivity index (χ3n) is 3.87. The molecule has 2 aliphatic rings. The van der Waals surface area contributed by atoms with Crippen molar-refractivity contribution in [2.75, 3.05) is 0 Å². The fourth-order valence-electron chi connectivity index (χ4n) is 3.09. The molecule has 2 rings (SSSR count). The Kier molecular flexibility index (Phi) is 2.20. The Balaban J connectivity index is 2.13. The van der Waals surface area contributed by atoms with Gasteiger partial charge in [0.15, 0.2) is 0 Å². The van der Waals surface area contributed by atoms with Gasteiger partial charge in [-0.25, -0.2) is 0 Å². The largest absolute Gasteiger partial charge is 0.299 e. The molecule has 2 fully saturated rings. The molecule has 0 bridgehead atoms. The lowest BCUT2D eigenvalue weighted by Crippen LogP contribution is -2.20. The fraction of sp³-hybridized carbons (Fsp3) is 0.909. The molecule has 2 saturated carbocycles. The molecular formula is C11H18O. The Hall–Kier alpha value is -0.330. The second kappa shape index (κ2) is 3.20. The summed E-state index contributed by atoms with van der Waals surface area (Å²) in [6, 6.07) is 0. The molecule has 12 heavy (non-hydrogen) atoms. The molecule has 0 aromatic carbocycles. The number of hydrogen-bond acceptors (Lipinski definition) is 1. The normalized spacial score (nSPS) is 42.4. The first-order valence-corrected chi connectivity index (χ1v) is 5.32. The zero-order valence-electron chi connectivity index (χ0n) is 7.88. The van der Waals surface area contributed by atoms with Crippen molar-refractivity contribution in [1.82, 2.24) is 0 Å². The van der Waals surface area contributed by atoms with Gasteiger partial charge in [-0.15, -0.1) is 0 Å². The van der Waals surface area contributed by atoms with Gasteiger partial charge < -0.3 is 0 Å². The summed E-state index contributed by atoms with van der Waals surface area (Å²) in [5.74, 6) is 2.55. The zero-order chi connectivity index (χ0) is 8.55. The number of carbonyl (C=O) groups excluding carboxylic acids is 1. The van der Waals surface area contributed by atoms with E-state index in [1.807, 2.05) is 0 Å². The third kappa shape index (κ3) is 1.30. The van der Waals surface area contributed by atoms with Gasteiger partial charge >= 0.3 is 0 Å². The van der Waals surface area contributed by atoms with Gasteiger partial charge in [-0.1, -0.05) is 19.8 Å². The predicted octanol–water partition coefficient (Wildman–Crippen LogP) is 2.79. The summed E-state index contributed by atoms with van der Waals surface area (Å²) in [6.45, 7) is 2.15. The quantitative estimate of drug-likeness (QED) is 0.541. The van der Waals surface area contributed by atoms with Crippen molar-refractivity contribution in [3.05, 3.63) is 0 Å². The SMILES string of the molecule is C[C@H]1C(=O)CCC[C@H]2CCC[C@@H]21. The molecule has 0 radical (unpaired) electrons. The Bertz CT molecular complexity index is 185. The van der Waals surface area contributed by atoms with Gasteiger partial charge in [-0.3, -0.25) is 4.79 Å². The second-order valence-electron chi connectivity index (χ2n) is 4.50. The summed E-state index contributed by atoms with van der Waals surface area (Å²) in [4.78, 5) is 11.6. The van der Waals surface area contributed by atoms with E-state index in [9.17, 15) is 4.79 Å². The molecule has 0 aromatic heterocycles. The summed E-state index contributed by atoms with van der Waals surface area (Å²) in [7, 11) is 0. The molecule has 3 atom stereocenters. The topological polar surface area (TPSA) is 17.1 Å². The number of ketones is 1. The van der Waals surface area contributed by atoms with Crippen LogP contribution in [-0.2, 0) is 4.79 Å². The van der Waals surface area contributed by atoms with Crippen LogP contribution >= 0.6 is 0 Å². The van der Waals surface area contributed by atoms with E-state index in [0.717, 1.165) is 24.7 Å². The lowest BCUT2D eigenvalue weighted by Gasteiger charge is -2.20. The first-order chi connectivity index (χ1) is 5.79. The highest BCUT2D eigenvalue weighted by atomic mass is 16.1. The fourth-order valence-corrected chi connectivity index (χ4v) is 3.09. The van der Waals surface area contributed by atoms with E-state index in [1.54, 1.807) is 0 Å². The zero-order valence-corrected chi connectivity index (χ0v) is 7.88. The van der Waals surface area contributed by atoms with Crippen molar-refractivity contribution in [3.63, 3.8) is 0 Å². The van der Waals surface area contributed by atoms with Crippen LogP contribution in [-0.4, -0.2) is 5.78 Å². The minimum absolute atomic E-state index is 0.375. The second-order valence-corrected chi connectivity index (χ2v) is 4.50. The van der Waals surface area contributed by atoms with Gasteiger partial charge in [0.1, 0.15) is 5.78 Å². The van der Waals surface area contributed by atoms with Crippen molar-refractivity contribution in [2.45, 2.75) is 45.4 Å². The smallest absolute Gasteiger partial charge is 0.135 e. The summed E-state index contributed by atoms with van der Waals surface area (Å²) < 4.78 is 0. The maximum atomic E-state index is 11.6. The highest BCUT2D eigenvalue weighted by Gasteiger charge is 2.36. The highest BCUT2D eigenvalue weighted by molar-refractivity contribution is 5.81. The van der Waals surface area contributed by atoms with E-state index in [-0.39, 0.29) is 0 Å². The molecule has 2 aliphatic carbocycles. The van der Waals surface area contributed by atoms with Crippen molar-refractivity contribution in [1.29, 1.82) is 0 Å². The Morgan fingerprint density at radius 1 is 1.17 bits per heavy atom. The van der Waals surface area contributed by atoms with E-state index in [1.165, 1.54) is 25.7 Å². The summed E-state index contributed by atoms with van der Waals surface area (Å²) in [5, 5.41) is 0. The summed E-state index contributed by atoms with van der Waals surface area (Å²) in [5.41, 5.74) is 0. The van der Waals surface area contributed by atoms with Crippen LogP contribution in [0.5, 0.6) is 0 Å². The van der Waals surface area contributed by atoms with Crippen LogP contribution in [0.3, 0.4) is 0 Å². The average Bonchev–Trinajstić information content (AvgIpc) is 2.46. The standard InChI is InChI=1S/C11H18O/c1-8-10-6-2-4-9(10)5-3-7-11(8)12/h8-10H,2-7H2,1H3/t8-,9-,10-/m1/s1. The van der Waals surface area contributed by atoms with Gasteiger partial charge in [-0.05, 0) is 31.1 Å². The number of Topliss-reactive ketones (excluding diaryl/α,β-unsaturated/α-hetero) is 1. The van der Waals surface area contributed by atoms with E-state index < -0.39 is 0 Å². The van der Waals surface area contributed by atoms with Crippen LogP contribution in [0.15, 0.2) is 0 Å². The average molecular weight is 166 g/mol. The third-order valence-corrected chi connectivity index (χ3v) is 3.87. The van der Waals surface area contributed by atoms with E-state index in [4.69, 9.17) is 0 Å². The van der Waals surface area contributed by atoms with Gasteiger partial charge in [0.2, 0.25) is 0 Å². The molecule has 0 aromatic rings. The molecule has 0 saturated heterocycles. The minimum Gasteiger partial charge on any atom is -0.299 e. The van der Waals surface area contributed by atoms with Crippen LogP contribution < -0.4 is 0 Å². The Morgan fingerprint density at radius 2 is 1.92 bits per heavy atom. The molecule has 0 N–H and O–H groups in total. The van der Waals surface area contributed by atoms with Gasteiger partial charge in [0.25, 0.3) is 0 Å². The first-order valence-electron chi connectivity index (χ1n) is 5.32. The monoisotopic (exact) mass is 166 g/mol. The van der Waals surface area contributed by atoms with Crippen molar-refractivity contribution < 1.29 is 4.79 Å². The first kappa shape index (κ1) is 8.28. The van der Waals surface area contributed by atoms with Crippen LogP contribution in [0, 0.1) is 17.8 Å². The molecule has 1 nitrogen and oxygen atoms in total. The molecule has 0 amide bonds. The number of fused-ring (bicyclic) bond motifs is 1. The van der Waals surface area contributed by atoms with E-state index in [2.05, 4.69) is 6.92 Å². The molecule has 0 spiro atoms. The van der Waals surface area contributed by atoms with Gasteiger partial charge in [-0.2, -0.15) is 0 Å². The minimum atomic E-state index is 0.375. The Labute approximate surface area is 74.5 Å². The van der Waals surface area contributed by atoms with Crippen molar-refractivity contribution in [3.8, 4) is 0 Å². The maximum Gasteiger partial charge on any atom is 0.135 e. The van der Waals surface area contributed by atoms with Crippen LogP contribution in [0.25, 0.3) is 0 Å².